The number of para-hydroxylation sites is 1. The van der Waals surface area contributed by atoms with Gasteiger partial charge in [0.2, 0.25) is 0 Å². The molecule has 0 saturated carbocycles. The van der Waals surface area contributed by atoms with Crippen LogP contribution in [0.5, 0.6) is 11.5 Å². The van der Waals surface area contributed by atoms with Crippen LogP contribution in [0.1, 0.15) is 23.1 Å². The van der Waals surface area contributed by atoms with Crippen LogP contribution in [0.2, 0.25) is 13.1 Å². The number of aryl methyl sites for hydroxylation is 1. The Morgan fingerprint density at radius 2 is 1.40 bits per heavy atom. The minimum Gasteiger partial charge on any atom is -0.457 e. The van der Waals surface area contributed by atoms with Crippen LogP contribution in [0.25, 0.3) is 0 Å². The van der Waals surface area contributed by atoms with Gasteiger partial charge < -0.3 is 4.74 Å². The third-order valence-electron chi connectivity index (χ3n) is 4.50. The fourth-order valence-corrected chi connectivity index (χ4v) is 4.75. The molecule has 25 heavy (non-hydrogen) atoms. The Bertz CT molecular complexity index is 768. The van der Waals surface area contributed by atoms with Crippen LogP contribution in [0, 0.1) is 0 Å². The summed E-state index contributed by atoms with van der Waals surface area (Å²) in [5.74, 6) is 1.80. The van der Waals surface area contributed by atoms with E-state index in [1.807, 2.05) is 36.4 Å². The van der Waals surface area contributed by atoms with Crippen LogP contribution >= 0.6 is 0 Å². The minimum absolute atomic E-state index is 0.384. The third-order valence-corrected chi connectivity index (χ3v) is 6.51. The predicted molar refractivity (Wildman–Crippen MR) is 108 cm³/mol. The molecule has 3 aromatic carbocycles. The quantitative estimate of drug-likeness (QED) is 0.445. The lowest BCUT2D eigenvalue weighted by molar-refractivity contribution is 0.482. The molecule has 0 aliphatic heterocycles. The van der Waals surface area contributed by atoms with Gasteiger partial charge in [0.15, 0.2) is 0 Å². The third kappa shape index (κ3) is 5.07. The molecule has 1 nitrogen and oxygen atoms in total. The second-order valence-electron chi connectivity index (χ2n) is 6.64. The Balaban J connectivity index is 1.67. The molecule has 0 bridgehead atoms. The summed E-state index contributed by atoms with van der Waals surface area (Å²) in [6.45, 7) is 4.83. The van der Waals surface area contributed by atoms with Crippen molar-refractivity contribution < 1.29 is 4.74 Å². The number of rotatable bonds is 7. The molecular weight excluding hydrogens is 320 g/mol. The van der Waals surface area contributed by atoms with Crippen molar-refractivity contribution in [3.63, 3.8) is 0 Å². The second kappa shape index (κ2) is 8.68. The number of ether oxygens (including phenoxy) is 1. The summed E-state index contributed by atoms with van der Waals surface area (Å²) in [7, 11) is -0.384. The van der Waals surface area contributed by atoms with Gasteiger partial charge in [0, 0.05) is 8.80 Å². The van der Waals surface area contributed by atoms with E-state index in [9.17, 15) is 0 Å². The highest BCUT2D eigenvalue weighted by molar-refractivity contribution is 6.57. The Morgan fingerprint density at radius 1 is 0.760 bits per heavy atom. The van der Waals surface area contributed by atoms with Crippen LogP contribution in [0.4, 0.5) is 0 Å². The standard InChI is InChI=1S/C23H25OSi/c1-25(2)23(20-11-5-3-6-12-20)17-16-19-10-9-15-22(18-19)24-21-13-7-4-8-14-21/h3-15,18,23H,16-17H2,1-2H3. The van der Waals surface area contributed by atoms with Crippen molar-refractivity contribution in [3.05, 3.63) is 96.1 Å². The molecule has 0 saturated heterocycles. The molecule has 2 heteroatoms. The molecule has 0 aromatic heterocycles. The van der Waals surface area contributed by atoms with E-state index in [-0.39, 0.29) is 8.80 Å². The van der Waals surface area contributed by atoms with E-state index in [1.165, 1.54) is 17.5 Å². The smallest absolute Gasteiger partial charge is 0.127 e. The van der Waals surface area contributed by atoms with Crippen molar-refractivity contribution >= 4 is 8.80 Å². The summed E-state index contributed by atoms with van der Waals surface area (Å²) in [6.07, 6.45) is 2.28. The maximum Gasteiger partial charge on any atom is 0.127 e. The van der Waals surface area contributed by atoms with Crippen molar-refractivity contribution in [2.45, 2.75) is 31.5 Å². The Morgan fingerprint density at radius 3 is 2.08 bits per heavy atom. The van der Waals surface area contributed by atoms with Crippen molar-refractivity contribution in [1.29, 1.82) is 0 Å². The molecule has 0 aliphatic carbocycles. The topological polar surface area (TPSA) is 9.23 Å². The summed E-state index contributed by atoms with van der Waals surface area (Å²) in [5.41, 5.74) is 3.51. The van der Waals surface area contributed by atoms with E-state index in [0.29, 0.717) is 5.54 Å². The van der Waals surface area contributed by atoms with E-state index in [4.69, 9.17) is 4.74 Å². The molecule has 1 unspecified atom stereocenters. The van der Waals surface area contributed by atoms with Gasteiger partial charge in [-0.25, -0.2) is 0 Å². The van der Waals surface area contributed by atoms with Crippen LogP contribution in [-0.2, 0) is 6.42 Å². The maximum atomic E-state index is 5.96. The molecule has 0 fully saturated rings. The average Bonchev–Trinajstić information content (AvgIpc) is 2.64. The summed E-state index contributed by atoms with van der Waals surface area (Å²) in [6, 6.07) is 29.4. The number of benzene rings is 3. The van der Waals surface area contributed by atoms with E-state index < -0.39 is 0 Å². The van der Waals surface area contributed by atoms with E-state index >= 15 is 0 Å². The lowest BCUT2D eigenvalue weighted by Crippen LogP contribution is -2.17. The molecule has 3 rings (SSSR count). The first kappa shape index (κ1) is 17.5. The molecule has 0 N–H and O–H groups in total. The lowest BCUT2D eigenvalue weighted by Gasteiger charge is -2.20. The van der Waals surface area contributed by atoms with Crippen LogP contribution in [0.15, 0.2) is 84.9 Å². The molecule has 0 spiro atoms. The Hall–Kier alpha value is -2.32. The highest BCUT2D eigenvalue weighted by atomic mass is 28.3. The van der Waals surface area contributed by atoms with Gasteiger partial charge in [0.05, 0.1) is 0 Å². The summed E-state index contributed by atoms with van der Waals surface area (Å²) < 4.78 is 5.96. The zero-order valence-corrected chi connectivity index (χ0v) is 16.0. The van der Waals surface area contributed by atoms with Crippen LogP contribution < -0.4 is 4.74 Å². The second-order valence-corrected chi connectivity index (χ2v) is 9.49. The highest BCUT2D eigenvalue weighted by Crippen LogP contribution is 2.27. The molecule has 0 heterocycles. The molecule has 0 aliphatic rings. The van der Waals surface area contributed by atoms with Crippen molar-refractivity contribution in [2.24, 2.45) is 0 Å². The summed E-state index contributed by atoms with van der Waals surface area (Å²) in [5, 5.41) is 0. The van der Waals surface area contributed by atoms with Gasteiger partial charge in [0.1, 0.15) is 11.5 Å². The van der Waals surface area contributed by atoms with Gasteiger partial charge >= 0.3 is 0 Å². The SMILES string of the molecule is C[Si](C)C(CCc1cccc(Oc2ccccc2)c1)c1ccccc1. The molecule has 0 amide bonds. The van der Waals surface area contributed by atoms with Crippen LogP contribution in [-0.4, -0.2) is 8.80 Å². The molecule has 3 aromatic rings. The Kier molecular flexibility index (Phi) is 6.07. The summed E-state index contributed by atoms with van der Waals surface area (Å²) >= 11 is 0. The van der Waals surface area contributed by atoms with Crippen molar-refractivity contribution in [2.75, 3.05) is 0 Å². The fraction of sp³-hybridized carbons (Fsp3) is 0.217. The zero-order valence-electron chi connectivity index (χ0n) is 15.0. The molecular formula is C23H25OSi. The van der Waals surface area contributed by atoms with Gasteiger partial charge in [-0.3, -0.25) is 0 Å². The first-order chi connectivity index (χ1) is 12.2. The first-order valence-electron chi connectivity index (χ1n) is 8.89. The van der Waals surface area contributed by atoms with Gasteiger partial charge in [-0.1, -0.05) is 73.8 Å². The number of hydrogen-bond acceptors (Lipinski definition) is 1. The van der Waals surface area contributed by atoms with E-state index in [1.54, 1.807) is 0 Å². The minimum atomic E-state index is -0.384. The van der Waals surface area contributed by atoms with Crippen molar-refractivity contribution in [3.8, 4) is 11.5 Å². The molecule has 1 radical (unpaired) electrons. The van der Waals surface area contributed by atoms with E-state index in [2.05, 4.69) is 61.6 Å². The zero-order chi connectivity index (χ0) is 17.5. The predicted octanol–water partition coefficient (Wildman–Crippen LogP) is 6.49. The normalized spacial score (nSPS) is 12.1. The fourth-order valence-electron chi connectivity index (χ4n) is 3.17. The number of hydrogen-bond donors (Lipinski definition) is 0. The highest BCUT2D eigenvalue weighted by Gasteiger charge is 2.16. The van der Waals surface area contributed by atoms with Gasteiger partial charge in [0.25, 0.3) is 0 Å². The van der Waals surface area contributed by atoms with E-state index in [0.717, 1.165) is 17.9 Å². The monoisotopic (exact) mass is 345 g/mol. The maximum absolute atomic E-state index is 5.96. The molecule has 127 valence electrons. The largest absolute Gasteiger partial charge is 0.457 e. The van der Waals surface area contributed by atoms with Crippen LogP contribution in [0.3, 0.4) is 0 Å². The Labute approximate surface area is 152 Å². The van der Waals surface area contributed by atoms with Gasteiger partial charge in [-0.05, 0) is 53.8 Å². The molecule has 1 atom stereocenters. The average molecular weight is 346 g/mol. The lowest BCUT2D eigenvalue weighted by atomic mass is 10.0. The van der Waals surface area contributed by atoms with Crippen molar-refractivity contribution in [1.82, 2.24) is 0 Å². The van der Waals surface area contributed by atoms with Gasteiger partial charge in [-0.15, -0.1) is 0 Å². The first-order valence-corrected chi connectivity index (χ1v) is 11.5. The summed E-state index contributed by atoms with van der Waals surface area (Å²) in [4.78, 5) is 0. The van der Waals surface area contributed by atoms with Gasteiger partial charge in [-0.2, -0.15) is 0 Å².